The Morgan fingerprint density at radius 1 is 1.24 bits per heavy atom. The van der Waals surface area contributed by atoms with Crippen molar-refractivity contribution in [3.63, 3.8) is 0 Å². The molecule has 0 radical (unpaired) electrons. The number of amides is 1. The molecule has 25 heavy (non-hydrogen) atoms. The first-order valence-electron chi connectivity index (χ1n) is 8.28. The fourth-order valence-electron chi connectivity index (χ4n) is 2.66. The average Bonchev–Trinajstić information content (AvgIpc) is 3.12. The number of furan rings is 1. The van der Waals surface area contributed by atoms with Crippen LogP contribution in [0.15, 0.2) is 58.2 Å². The molecule has 0 saturated heterocycles. The maximum absolute atomic E-state index is 13.1. The van der Waals surface area contributed by atoms with Crippen LogP contribution < -0.4 is 5.56 Å². The Bertz CT molecular complexity index is 928. The molecule has 3 aromatic rings. The van der Waals surface area contributed by atoms with Crippen LogP contribution in [0.3, 0.4) is 0 Å². The van der Waals surface area contributed by atoms with E-state index in [4.69, 9.17) is 4.42 Å². The monoisotopic (exact) mass is 339 g/mol. The molecule has 3 heterocycles. The van der Waals surface area contributed by atoms with Crippen molar-refractivity contribution in [1.29, 1.82) is 0 Å². The van der Waals surface area contributed by atoms with Gasteiger partial charge < -0.3 is 9.32 Å². The molecule has 6 heteroatoms. The lowest BCUT2D eigenvalue weighted by Crippen LogP contribution is -2.43. The topological polar surface area (TPSA) is 67.8 Å². The van der Waals surface area contributed by atoms with E-state index in [-0.39, 0.29) is 29.0 Å². The fourth-order valence-corrected chi connectivity index (χ4v) is 2.66. The van der Waals surface area contributed by atoms with Gasteiger partial charge in [0.15, 0.2) is 0 Å². The Hall–Kier alpha value is -2.89. The van der Waals surface area contributed by atoms with E-state index in [9.17, 15) is 9.59 Å². The Balaban J connectivity index is 2.02. The molecule has 0 fully saturated rings. The first-order chi connectivity index (χ1) is 12.0. The summed E-state index contributed by atoms with van der Waals surface area (Å²) < 4.78 is 6.77. The molecule has 3 aromatic heterocycles. The van der Waals surface area contributed by atoms with Crippen LogP contribution in [-0.2, 0) is 6.54 Å². The minimum absolute atomic E-state index is 0.0581. The highest BCUT2D eigenvalue weighted by molar-refractivity contribution is 5.94. The number of carbonyl (C=O) groups excluding carboxylic acids is 1. The van der Waals surface area contributed by atoms with Gasteiger partial charge in [0, 0.05) is 18.4 Å². The van der Waals surface area contributed by atoms with Crippen molar-refractivity contribution in [2.75, 3.05) is 0 Å². The van der Waals surface area contributed by atoms with Gasteiger partial charge in [0.1, 0.15) is 17.0 Å². The maximum atomic E-state index is 13.1. The summed E-state index contributed by atoms with van der Waals surface area (Å²) in [5, 5.41) is 0. The van der Waals surface area contributed by atoms with Crippen molar-refractivity contribution in [3.8, 4) is 0 Å². The van der Waals surface area contributed by atoms with E-state index < -0.39 is 0 Å². The van der Waals surface area contributed by atoms with E-state index in [0.29, 0.717) is 18.0 Å². The molecule has 0 N–H and O–H groups in total. The fraction of sp³-hybridized carbons (Fsp3) is 0.316. The number of carbonyl (C=O) groups is 1. The molecular weight excluding hydrogens is 318 g/mol. The van der Waals surface area contributed by atoms with Crippen LogP contribution in [0.4, 0.5) is 0 Å². The summed E-state index contributed by atoms with van der Waals surface area (Å²) in [6.07, 6.45) is 4.55. The summed E-state index contributed by atoms with van der Waals surface area (Å²) in [6.45, 7) is 6.36. The van der Waals surface area contributed by atoms with Crippen LogP contribution in [0.1, 0.15) is 36.9 Å². The predicted molar refractivity (Wildman–Crippen MR) is 94.3 cm³/mol. The molecule has 0 aliphatic heterocycles. The molecule has 0 aromatic carbocycles. The molecule has 0 bridgehead atoms. The highest BCUT2D eigenvalue weighted by Crippen LogP contribution is 2.17. The number of pyridine rings is 1. The number of fused-ring (bicyclic) bond motifs is 1. The van der Waals surface area contributed by atoms with Crippen molar-refractivity contribution in [1.82, 2.24) is 14.3 Å². The zero-order chi connectivity index (χ0) is 18.0. The largest absolute Gasteiger partial charge is 0.467 e. The molecule has 0 aliphatic carbocycles. The van der Waals surface area contributed by atoms with Gasteiger partial charge in [0.2, 0.25) is 0 Å². The van der Waals surface area contributed by atoms with Gasteiger partial charge >= 0.3 is 0 Å². The van der Waals surface area contributed by atoms with E-state index in [0.717, 1.165) is 0 Å². The molecule has 1 atom stereocenters. The number of nitrogens with zero attached hydrogens (tertiary/aromatic N) is 3. The van der Waals surface area contributed by atoms with E-state index in [1.54, 1.807) is 41.6 Å². The van der Waals surface area contributed by atoms with Gasteiger partial charge in [-0.1, -0.05) is 19.9 Å². The lowest BCUT2D eigenvalue weighted by atomic mass is 10.0. The van der Waals surface area contributed by atoms with Gasteiger partial charge in [-0.3, -0.25) is 14.0 Å². The van der Waals surface area contributed by atoms with Gasteiger partial charge in [0.05, 0.1) is 12.8 Å². The maximum Gasteiger partial charge on any atom is 0.270 e. The van der Waals surface area contributed by atoms with Gasteiger partial charge in [-0.15, -0.1) is 0 Å². The zero-order valence-electron chi connectivity index (χ0n) is 14.5. The van der Waals surface area contributed by atoms with Crippen LogP contribution in [0.25, 0.3) is 5.65 Å². The van der Waals surface area contributed by atoms with Gasteiger partial charge in [-0.25, -0.2) is 4.98 Å². The van der Waals surface area contributed by atoms with Gasteiger partial charge in [0.25, 0.3) is 11.5 Å². The molecule has 0 saturated carbocycles. The quantitative estimate of drug-likeness (QED) is 0.717. The minimum atomic E-state index is -0.365. The van der Waals surface area contributed by atoms with Crippen molar-refractivity contribution < 1.29 is 9.21 Å². The van der Waals surface area contributed by atoms with Crippen molar-refractivity contribution in [2.24, 2.45) is 5.92 Å². The lowest BCUT2D eigenvalue weighted by molar-refractivity contribution is 0.0608. The van der Waals surface area contributed by atoms with Crippen LogP contribution >= 0.6 is 0 Å². The van der Waals surface area contributed by atoms with E-state index in [1.165, 1.54) is 10.6 Å². The minimum Gasteiger partial charge on any atom is -0.467 e. The molecule has 130 valence electrons. The average molecular weight is 339 g/mol. The third-order valence-electron chi connectivity index (χ3n) is 4.47. The predicted octanol–water partition coefficient (Wildman–Crippen LogP) is 2.97. The summed E-state index contributed by atoms with van der Waals surface area (Å²) in [5.41, 5.74) is 0.206. The first-order valence-corrected chi connectivity index (χ1v) is 8.28. The van der Waals surface area contributed by atoms with Crippen LogP contribution in [-0.4, -0.2) is 26.2 Å². The second-order valence-electron chi connectivity index (χ2n) is 6.40. The molecule has 6 nitrogen and oxygen atoms in total. The highest BCUT2D eigenvalue weighted by Gasteiger charge is 2.27. The summed E-state index contributed by atoms with van der Waals surface area (Å²) in [4.78, 5) is 31.7. The van der Waals surface area contributed by atoms with Crippen LogP contribution in [0.5, 0.6) is 0 Å². The number of hydrogen-bond donors (Lipinski definition) is 0. The summed E-state index contributed by atoms with van der Waals surface area (Å²) >= 11 is 0. The summed E-state index contributed by atoms with van der Waals surface area (Å²) in [7, 11) is 0. The van der Waals surface area contributed by atoms with E-state index in [1.807, 2.05) is 26.8 Å². The molecular formula is C19H21N3O3. The third-order valence-corrected chi connectivity index (χ3v) is 4.47. The lowest BCUT2D eigenvalue weighted by Gasteiger charge is -2.31. The Kier molecular flexibility index (Phi) is 4.70. The molecule has 0 unspecified atom stereocenters. The first kappa shape index (κ1) is 17.0. The molecule has 1 amide bonds. The van der Waals surface area contributed by atoms with Crippen molar-refractivity contribution in [2.45, 2.75) is 33.4 Å². The summed E-state index contributed by atoms with van der Waals surface area (Å²) in [6, 6.07) is 8.80. The standard InChI is InChI=1S/C19H21N3O3/c1-13(2)14(3)22(12-15-7-6-10-25-15)19(24)16-11-20-17-8-4-5-9-21(17)18(16)23/h4-11,13-14H,12H2,1-3H3/t14-/m1/s1. The Morgan fingerprint density at radius 2 is 2.04 bits per heavy atom. The van der Waals surface area contributed by atoms with Gasteiger partial charge in [-0.2, -0.15) is 0 Å². The zero-order valence-corrected chi connectivity index (χ0v) is 14.5. The highest BCUT2D eigenvalue weighted by atomic mass is 16.3. The SMILES string of the molecule is CC(C)[C@@H](C)N(Cc1ccco1)C(=O)c1cnc2ccccn2c1=O. The van der Waals surface area contributed by atoms with Crippen LogP contribution in [0.2, 0.25) is 0 Å². The Morgan fingerprint density at radius 3 is 2.72 bits per heavy atom. The molecule has 0 spiro atoms. The van der Waals surface area contributed by atoms with E-state index in [2.05, 4.69) is 4.98 Å². The molecule has 0 aliphatic rings. The number of hydrogen-bond acceptors (Lipinski definition) is 4. The summed E-state index contributed by atoms with van der Waals surface area (Å²) in [5.74, 6) is 0.568. The number of rotatable bonds is 5. The van der Waals surface area contributed by atoms with Crippen molar-refractivity contribution >= 4 is 11.6 Å². The van der Waals surface area contributed by atoms with Crippen molar-refractivity contribution in [3.05, 3.63) is 70.7 Å². The second kappa shape index (κ2) is 6.93. The normalized spacial score (nSPS) is 12.5. The van der Waals surface area contributed by atoms with Gasteiger partial charge in [-0.05, 0) is 37.1 Å². The third kappa shape index (κ3) is 3.33. The number of aromatic nitrogens is 2. The van der Waals surface area contributed by atoms with Crippen LogP contribution in [0, 0.1) is 5.92 Å². The molecule has 3 rings (SSSR count). The Labute approximate surface area is 145 Å². The van der Waals surface area contributed by atoms with E-state index >= 15 is 0 Å². The second-order valence-corrected chi connectivity index (χ2v) is 6.40. The smallest absolute Gasteiger partial charge is 0.270 e.